The van der Waals surface area contributed by atoms with E-state index in [9.17, 15) is 0 Å². The van der Waals surface area contributed by atoms with Crippen LogP contribution in [-0.2, 0) is 0 Å². The molecule has 0 saturated heterocycles. The fraction of sp³-hybridized carbons (Fsp3) is 0.818. The van der Waals surface area contributed by atoms with E-state index in [1.807, 2.05) is 0 Å². The summed E-state index contributed by atoms with van der Waals surface area (Å²) in [6.07, 6.45) is 1.59. The van der Waals surface area contributed by atoms with Gasteiger partial charge in [0.25, 0.3) is 0 Å². The minimum absolute atomic E-state index is 0.528. The van der Waals surface area contributed by atoms with E-state index in [0.717, 1.165) is 31.2 Å². The van der Waals surface area contributed by atoms with Crippen LogP contribution in [0, 0.1) is 17.2 Å². The molecule has 0 unspecified atom stereocenters. The molecule has 0 amide bonds. The number of nitrogens with zero attached hydrogens (tertiary/aromatic N) is 2. The summed E-state index contributed by atoms with van der Waals surface area (Å²) >= 11 is 5.28. The summed E-state index contributed by atoms with van der Waals surface area (Å²) in [5.41, 5.74) is 0. The molecular weight excluding hydrogens is 206 g/mol. The second-order valence-electron chi connectivity index (χ2n) is 3.98. The maximum atomic E-state index is 8.57. The molecule has 3 nitrogen and oxygen atoms in total. The van der Waals surface area contributed by atoms with E-state index in [4.69, 9.17) is 17.5 Å². The molecule has 0 radical (unpaired) electrons. The molecule has 86 valence electrons. The first-order valence-electron chi connectivity index (χ1n) is 5.51. The SMILES string of the molecule is CCCNC(=S)N(CCC#N)CC(C)C. The number of thiocarbonyl (C=S) groups is 1. The van der Waals surface area contributed by atoms with Gasteiger partial charge in [-0.2, -0.15) is 5.26 Å². The van der Waals surface area contributed by atoms with Gasteiger partial charge in [0.2, 0.25) is 0 Å². The van der Waals surface area contributed by atoms with E-state index in [2.05, 4.69) is 37.1 Å². The lowest BCUT2D eigenvalue weighted by atomic mass is 10.2. The maximum Gasteiger partial charge on any atom is 0.168 e. The molecule has 0 aromatic rings. The van der Waals surface area contributed by atoms with Gasteiger partial charge in [0, 0.05) is 19.6 Å². The van der Waals surface area contributed by atoms with Crippen LogP contribution in [0.4, 0.5) is 0 Å². The average molecular weight is 227 g/mol. The Labute approximate surface area is 98.4 Å². The van der Waals surface area contributed by atoms with Crippen molar-refractivity contribution in [3.05, 3.63) is 0 Å². The molecule has 0 aromatic carbocycles. The van der Waals surface area contributed by atoms with Gasteiger partial charge in [0.15, 0.2) is 5.11 Å². The van der Waals surface area contributed by atoms with Gasteiger partial charge < -0.3 is 10.2 Å². The minimum atomic E-state index is 0.528. The number of nitriles is 1. The van der Waals surface area contributed by atoms with E-state index >= 15 is 0 Å². The highest BCUT2D eigenvalue weighted by Crippen LogP contribution is 2.00. The summed E-state index contributed by atoms with van der Waals surface area (Å²) in [6, 6.07) is 2.15. The Balaban J connectivity index is 4.09. The molecule has 15 heavy (non-hydrogen) atoms. The van der Waals surface area contributed by atoms with Crippen LogP contribution >= 0.6 is 12.2 Å². The highest BCUT2D eigenvalue weighted by atomic mass is 32.1. The quantitative estimate of drug-likeness (QED) is 0.706. The van der Waals surface area contributed by atoms with Gasteiger partial charge in [0.05, 0.1) is 12.5 Å². The molecule has 0 bridgehead atoms. The first kappa shape index (κ1) is 14.2. The summed E-state index contributed by atoms with van der Waals surface area (Å²) in [5, 5.41) is 12.5. The van der Waals surface area contributed by atoms with Crippen molar-refractivity contribution in [3.8, 4) is 6.07 Å². The molecule has 0 aromatic heterocycles. The second kappa shape index (κ2) is 8.49. The van der Waals surface area contributed by atoms with E-state index in [0.29, 0.717) is 12.3 Å². The van der Waals surface area contributed by atoms with Gasteiger partial charge in [-0.1, -0.05) is 20.8 Å². The van der Waals surface area contributed by atoms with E-state index < -0.39 is 0 Å². The summed E-state index contributed by atoms with van der Waals surface area (Å²) < 4.78 is 0. The largest absolute Gasteiger partial charge is 0.363 e. The van der Waals surface area contributed by atoms with Crippen LogP contribution in [0.2, 0.25) is 0 Å². The van der Waals surface area contributed by atoms with Crippen LogP contribution in [-0.4, -0.2) is 29.6 Å². The lowest BCUT2D eigenvalue weighted by molar-refractivity contribution is 0.367. The van der Waals surface area contributed by atoms with Gasteiger partial charge in [-0.15, -0.1) is 0 Å². The van der Waals surface area contributed by atoms with Crippen LogP contribution in [0.5, 0.6) is 0 Å². The molecule has 0 spiro atoms. The summed E-state index contributed by atoms with van der Waals surface area (Å²) in [7, 11) is 0. The molecular formula is C11H21N3S. The van der Waals surface area contributed by atoms with Gasteiger partial charge >= 0.3 is 0 Å². The smallest absolute Gasteiger partial charge is 0.168 e. The summed E-state index contributed by atoms with van der Waals surface area (Å²) in [6.45, 7) is 8.96. The Morgan fingerprint density at radius 1 is 1.53 bits per heavy atom. The first-order chi connectivity index (χ1) is 7.11. The molecule has 0 fully saturated rings. The fourth-order valence-electron chi connectivity index (χ4n) is 1.25. The molecule has 0 rings (SSSR count). The zero-order valence-corrected chi connectivity index (χ0v) is 10.7. The van der Waals surface area contributed by atoms with Crippen LogP contribution in [0.1, 0.15) is 33.6 Å². The van der Waals surface area contributed by atoms with E-state index in [1.54, 1.807) is 0 Å². The average Bonchev–Trinajstić information content (AvgIpc) is 2.20. The van der Waals surface area contributed by atoms with E-state index in [1.165, 1.54) is 0 Å². The van der Waals surface area contributed by atoms with Crippen LogP contribution in [0.15, 0.2) is 0 Å². The van der Waals surface area contributed by atoms with Crippen molar-refractivity contribution in [2.24, 2.45) is 5.92 Å². The monoisotopic (exact) mass is 227 g/mol. The van der Waals surface area contributed by atoms with Crippen molar-refractivity contribution in [2.45, 2.75) is 33.6 Å². The van der Waals surface area contributed by atoms with Crippen molar-refractivity contribution in [2.75, 3.05) is 19.6 Å². The number of hydrogen-bond acceptors (Lipinski definition) is 2. The van der Waals surface area contributed by atoms with Gasteiger partial charge in [-0.25, -0.2) is 0 Å². The van der Waals surface area contributed by atoms with E-state index in [-0.39, 0.29) is 0 Å². The minimum Gasteiger partial charge on any atom is -0.363 e. The van der Waals surface area contributed by atoms with Crippen LogP contribution < -0.4 is 5.32 Å². The highest BCUT2D eigenvalue weighted by molar-refractivity contribution is 7.80. The Morgan fingerprint density at radius 3 is 2.67 bits per heavy atom. The second-order valence-corrected chi connectivity index (χ2v) is 4.37. The third-order valence-electron chi connectivity index (χ3n) is 1.89. The normalized spacial score (nSPS) is 9.80. The predicted octanol–water partition coefficient (Wildman–Crippen LogP) is 2.14. The lowest BCUT2D eigenvalue weighted by Crippen LogP contribution is -2.42. The number of rotatable bonds is 6. The maximum absolute atomic E-state index is 8.57. The van der Waals surface area contributed by atoms with Crippen LogP contribution in [0.3, 0.4) is 0 Å². The third-order valence-corrected chi connectivity index (χ3v) is 2.30. The molecule has 0 atom stereocenters. The Kier molecular flexibility index (Phi) is 8.02. The van der Waals surface area contributed by atoms with Gasteiger partial charge in [-0.3, -0.25) is 0 Å². The molecule has 0 aliphatic carbocycles. The Hall–Kier alpha value is -0.820. The standard InChI is InChI=1S/C11H21N3S/c1-4-7-13-11(15)14(8-5-6-12)9-10(2)3/h10H,4-5,7-9H2,1-3H3,(H,13,15). The Morgan fingerprint density at radius 2 is 2.20 bits per heavy atom. The zero-order chi connectivity index (χ0) is 11.7. The number of hydrogen-bond donors (Lipinski definition) is 1. The first-order valence-corrected chi connectivity index (χ1v) is 5.92. The highest BCUT2D eigenvalue weighted by Gasteiger charge is 2.09. The molecule has 0 aliphatic rings. The molecule has 0 aliphatic heterocycles. The fourth-order valence-corrected chi connectivity index (χ4v) is 1.51. The van der Waals surface area contributed by atoms with Gasteiger partial charge in [-0.05, 0) is 24.6 Å². The van der Waals surface area contributed by atoms with Gasteiger partial charge in [0.1, 0.15) is 0 Å². The summed E-state index contributed by atoms with van der Waals surface area (Å²) in [4.78, 5) is 2.08. The number of nitrogens with one attached hydrogen (secondary N) is 1. The molecule has 1 N–H and O–H groups in total. The molecule has 4 heteroatoms. The predicted molar refractivity (Wildman–Crippen MR) is 67.5 cm³/mol. The summed E-state index contributed by atoms with van der Waals surface area (Å²) in [5.74, 6) is 0.560. The van der Waals surface area contributed by atoms with Crippen molar-refractivity contribution in [1.29, 1.82) is 5.26 Å². The molecule has 0 saturated carbocycles. The lowest BCUT2D eigenvalue weighted by Gasteiger charge is -2.26. The van der Waals surface area contributed by atoms with Crippen molar-refractivity contribution in [3.63, 3.8) is 0 Å². The third kappa shape index (κ3) is 7.15. The van der Waals surface area contributed by atoms with Crippen molar-refractivity contribution >= 4 is 17.3 Å². The Bertz CT molecular complexity index is 220. The topological polar surface area (TPSA) is 39.1 Å². The molecule has 0 heterocycles. The zero-order valence-electron chi connectivity index (χ0n) is 9.92. The van der Waals surface area contributed by atoms with Crippen LogP contribution in [0.25, 0.3) is 0 Å². The van der Waals surface area contributed by atoms with Crippen molar-refractivity contribution < 1.29 is 0 Å². The van der Waals surface area contributed by atoms with Crippen molar-refractivity contribution in [1.82, 2.24) is 10.2 Å².